The first-order chi connectivity index (χ1) is 9.37. The molecule has 0 aliphatic carbocycles. The van der Waals surface area contributed by atoms with E-state index >= 15 is 0 Å². The van der Waals surface area contributed by atoms with Crippen molar-refractivity contribution in [3.8, 4) is 0 Å². The van der Waals surface area contributed by atoms with Crippen molar-refractivity contribution in [3.05, 3.63) is 30.1 Å². The summed E-state index contributed by atoms with van der Waals surface area (Å²) in [7, 11) is -1.38. The van der Waals surface area contributed by atoms with E-state index in [0.29, 0.717) is 0 Å². The molecule has 0 saturated carbocycles. The van der Waals surface area contributed by atoms with Crippen LogP contribution in [0.25, 0.3) is 0 Å². The number of pyridine rings is 1. The molecule has 1 N–H and O–H groups in total. The maximum Gasteiger partial charge on any atom is 0.317 e. The second-order valence-corrected chi connectivity index (χ2v) is 7.01. The summed E-state index contributed by atoms with van der Waals surface area (Å²) in [5.74, 6) is 0.0544. The average molecular weight is 299 g/mol. The highest BCUT2D eigenvalue weighted by molar-refractivity contribution is 7.91. The Bertz CT molecular complexity index is 531. The van der Waals surface area contributed by atoms with E-state index in [0.717, 1.165) is 5.56 Å². The van der Waals surface area contributed by atoms with Crippen molar-refractivity contribution in [2.75, 3.05) is 25.1 Å². The minimum absolute atomic E-state index is 0.0350. The van der Waals surface area contributed by atoms with Crippen LogP contribution in [0.1, 0.15) is 25.5 Å². The Morgan fingerprint density at radius 1 is 1.40 bits per heavy atom. The molecule has 0 aliphatic rings. The van der Waals surface area contributed by atoms with Gasteiger partial charge in [-0.05, 0) is 24.6 Å². The van der Waals surface area contributed by atoms with Crippen LogP contribution < -0.4 is 5.32 Å². The van der Waals surface area contributed by atoms with E-state index in [2.05, 4.69) is 10.3 Å². The van der Waals surface area contributed by atoms with E-state index < -0.39 is 9.84 Å². The van der Waals surface area contributed by atoms with E-state index in [-0.39, 0.29) is 30.1 Å². The van der Waals surface area contributed by atoms with Crippen molar-refractivity contribution in [2.24, 2.45) is 0 Å². The number of aromatic nitrogens is 1. The maximum absolute atomic E-state index is 11.9. The fourth-order valence-electron chi connectivity index (χ4n) is 1.62. The number of amides is 2. The highest BCUT2D eigenvalue weighted by atomic mass is 32.2. The molecule has 1 aromatic heterocycles. The fraction of sp³-hybridized carbons (Fsp3) is 0.538. The van der Waals surface area contributed by atoms with Crippen molar-refractivity contribution in [1.82, 2.24) is 15.2 Å². The Morgan fingerprint density at radius 3 is 2.55 bits per heavy atom. The molecule has 1 unspecified atom stereocenters. The van der Waals surface area contributed by atoms with E-state index in [1.807, 2.05) is 19.1 Å². The number of urea groups is 1. The predicted octanol–water partition coefficient (Wildman–Crippen LogP) is 1.22. The van der Waals surface area contributed by atoms with Gasteiger partial charge in [-0.1, -0.05) is 6.92 Å². The van der Waals surface area contributed by atoms with Crippen molar-refractivity contribution in [3.63, 3.8) is 0 Å². The fourth-order valence-corrected chi connectivity index (χ4v) is 2.33. The molecule has 0 fully saturated rings. The quantitative estimate of drug-likeness (QED) is 0.856. The number of nitrogens with one attached hydrogen (secondary N) is 1. The molecule has 1 rings (SSSR count). The van der Waals surface area contributed by atoms with Gasteiger partial charge < -0.3 is 10.2 Å². The Labute approximate surface area is 120 Å². The standard InChI is InChI=1S/C13H21N3O3S/c1-4-20(18,19)10-9-15-13(17)16(3)11(2)12-5-7-14-8-6-12/h5-8,11H,4,9-10H2,1-3H3,(H,15,17). The summed E-state index contributed by atoms with van der Waals surface area (Å²) in [5, 5.41) is 2.62. The second kappa shape index (κ2) is 7.23. The van der Waals surface area contributed by atoms with E-state index in [1.165, 1.54) is 4.90 Å². The first-order valence-electron chi connectivity index (χ1n) is 6.48. The molecule has 20 heavy (non-hydrogen) atoms. The summed E-state index contributed by atoms with van der Waals surface area (Å²) in [5.41, 5.74) is 0.971. The number of sulfone groups is 1. The van der Waals surface area contributed by atoms with Gasteiger partial charge in [0.1, 0.15) is 0 Å². The van der Waals surface area contributed by atoms with Gasteiger partial charge in [-0.25, -0.2) is 13.2 Å². The van der Waals surface area contributed by atoms with Crippen LogP contribution in [-0.4, -0.2) is 49.4 Å². The minimum atomic E-state index is -3.05. The van der Waals surface area contributed by atoms with Gasteiger partial charge in [-0.2, -0.15) is 0 Å². The highest BCUT2D eigenvalue weighted by Gasteiger charge is 2.17. The Morgan fingerprint density at radius 2 is 2.00 bits per heavy atom. The van der Waals surface area contributed by atoms with Crippen molar-refractivity contribution in [2.45, 2.75) is 19.9 Å². The lowest BCUT2D eigenvalue weighted by Crippen LogP contribution is -2.40. The topological polar surface area (TPSA) is 79.4 Å². The molecule has 1 heterocycles. The lowest BCUT2D eigenvalue weighted by atomic mass is 10.1. The number of hydrogen-bond donors (Lipinski definition) is 1. The lowest BCUT2D eigenvalue weighted by molar-refractivity contribution is 0.195. The molecular formula is C13H21N3O3S. The van der Waals surface area contributed by atoms with Crippen LogP contribution in [0, 0.1) is 0 Å². The van der Waals surface area contributed by atoms with Gasteiger partial charge in [0, 0.05) is 31.7 Å². The van der Waals surface area contributed by atoms with Gasteiger partial charge in [0.25, 0.3) is 0 Å². The van der Waals surface area contributed by atoms with Crippen molar-refractivity contribution >= 4 is 15.9 Å². The zero-order valence-corrected chi connectivity index (χ0v) is 12.9. The van der Waals surface area contributed by atoms with Gasteiger partial charge in [0.15, 0.2) is 9.84 Å². The van der Waals surface area contributed by atoms with Crippen LogP contribution in [0.5, 0.6) is 0 Å². The molecule has 0 aromatic carbocycles. The van der Waals surface area contributed by atoms with E-state index in [9.17, 15) is 13.2 Å². The van der Waals surface area contributed by atoms with Crippen LogP contribution in [0.4, 0.5) is 4.79 Å². The van der Waals surface area contributed by atoms with Crippen LogP contribution in [-0.2, 0) is 9.84 Å². The third-order valence-corrected chi connectivity index (χ3v) is 4.92. The van der Waals surface area contributed by atoms with Gasteiger partial charge in [-0.15, -0.1) is 0 Å². The summed E-state index contributed by atoms with van der Waals surface area (Å²) in [6, 6.07) is 3.29. The number of carbonyl (C=O) groups is 1. The third-order valence-electron chi connectivity index (χ3n) is 3.22. The zero-order valence-electron chi connectivity index (χ0n) is 12.0. The average Bonchev–Trinajstić information content (AvgIpc) is 2.46. The first kappa shape index (κ1) is 16.4. The minimum Gasteiger partial charge on any atom is -0.337 e. The van der Waals surface area contributed by atoms with Crippen LogP contribution in [0.15, 0.2) is 24.5 Å². The van der Waals surface area contributed by atoms with Crippen LogP contribution in [0.3, 0.4) is 0 Å². The summed E-state index contributed by atoms with van der Waals surface area (Å²) in [6.07, 6.45) is 3.34. The van der Waals surface area contributed by atoms with Crippen molar-refractivity contribution < 1.29 is 13.2 Å². The molecular weight excluding hydrogens is 278 g/mol. The van der Waals surface area contributed by atoms with E-state index in [4.69, 9.17) is 0 Å². The molecule has 1 atom stereocenters. The SMILES string of the molecule is CCS(=O)(=O)CCNC(=O)N(C)C(C)c1ccncc1. The summed E-state index contributed by atoms with van der Waals surface area (Å²) >= 11 is 0. The number of hydrogen-bond acceptors (Lipinski definition) is 4. The first-order valence-corrected chi connectivity index (χ1v) is 8.30. The molecule has 2 amide bonds. The largest absolute Gasteiger partial charge is 0.337 e. The molecule has 6 nitrogen and oxygen atoms in total. The van der Waals surface area contributed by atoms with Gasteiger partial charge in [0.05, 0.1) is 11.8 Å². The highest BCUT2D eigenvalue weighted by Crippen LogP contribution is 2.17. The van der Waals surface area contributed by atoms with E-state index in [1.54, 1.807) is 26.4 Å². The molecule has 0 saturated heterocycles. The van der Waals surface area contributed by atoms with Crippen LogP contribution in [0.2, 0.25) is 0 Å². The maximum atomic E-state index is 11.9. The summed E-state index contributed by atoms with van der Waals surface area (Å²) in [4.78, 5) is 17.4. The van der Waals surface area contributed by atoms with Gasteiger partial charge >= 0.3 is 6.03 Å². The van der Waals surface area contributed by atoms with Crippen molar-refractivity contribution in [1.29, 1.82) is 0 Å². The third kappa shape index (κ3) is 4.80. The monoisotopic (exact) mass is 299 g/mol. The lowest BCUT2D eigenvalue weighted by Gasteiger charge is -2.25. The summed E-state index contributed by atoms with van der Waals surface area (Å²) < 4.78 is 22.7. The predicted molar refractivity (Wildman–Crippen MR) is 78.1 cm³/mol. The number of carbonyl (C=O) groups excluding carboxylic acids is 1. The molecule has 1 aromatic rings. The molecule has 0 aliphatic heterocycles. The summed E-state index contributed by atoms with van der Waals surface area (Å²) in [6.45, 7) is 3.62. The smallest absolute Gasteiger partial charge is 0.317 e. The molecule has 0 bridgehead atoms. The number of rotatable bonds is 6. The Balaban J connectivity index is 2.51. The van der Waals surface area contributed by atoms with Crippen LogP contribution >= 0.6 is 0 Å². The Hall–Kier alpha value is -1.63. The Kier molecular flexibility index (Phi) is 5.94. The molecule has 7 heteroatoms. The number of nitrogens with zero attached hydrogens (tertiary/aromatic N) is 2. The van der Waals surface area contributed by atoms with Gasteiger partial charge in [-0.3, -0.25) is 4.98 Å². The molecule has 0 radical (unpaired) electrons. The molecule has 112 valence electrons. The zero-order chi connectivity index (χ0) is 15.2. The second-order valence-electron chi connectivity index (χ2n) is 4.54. The molecule has 0 spiro atoms. The normalized spacial score (nSPS) is 12.8. The van der Waals surface area contributed by atoms with Gasteiger partial charge in [0.2, 0.25) is 0 Å².